The van der Waals surface area contributed by atoms with Gasteiger partial charge in [-0.15, -0.1) is 0 Å². The van der Waals surface area contributed by atoms with Crippen LogP contribution in [0.4, 0.5) is 0 Å². The van der Waals surface area contributed by atoms with Crippen LogP contribution in [0.1, 0.15) is 115 Å². The summed E-state index contributed by atoms with van der Waals surface area (Å²) in [6.07, 6.45) is 4.54. The van der Waals surface area contributed by atoms with Crippen LogP contribution in [0.25, 0.3) is 0 Å². The van der Waals surface area contributed by atoms with Gasteiger partial charge in [-0.1, -0.05) is 72.3 Å². The predicted molar refractivity (Wildman–Crippen MR) is 184 cm³/mol. The van der Waals surface area contributed by atoms with Crippen molar-refractivity contribution >= 4 is 11.9 Å². The Hall–Kier alpha value is -2.00. The monoisotopic (exact) mass is 670 g/mol. The molecule has 8 nitrogen and oxygen atoms in total. The van der Waals surface area contributed by atoms with Crippen LogP contribution in [0.5, 0.6) is 0 Å². The Labute approximate surface area is 288 Å². The summed E-state index contributed by atoms with van der Waals surface area (Å²) in [6, 6.07) is 0. The maximum atomic E-state index is 13.4. The molecule has 0 amide bonds. The smallest absolute Gasteiger partial charge is 0.333 e. The molecule has 4 fully saturated rings. The van der Waals surface area contributed by atoms with Gasteiger partial charge in [-0.05, 0) is 106 Å². The van der Waals surface area contributed by atoms with E-state index in [2.05, 4.69) is 40.7 Å². The van der Waals surface area contributed by atoms with Gasteiger partial charge in [0.25, 0.3) is 0 Å². The van der Waals surface area contributed by atoms with Gasteiger partial charge >= 0.3 is 11.9 Å². The van der Waals surface area contributed by atoms with Gasteiger partial charge in [-0.25, -0.2) is 9.59 Å². The van der Waals surface area contributed by atoms with Gasteiger partial charge in [0.15, 0.2) is 0 Å². The molecule has 0 bridgehead atoms. The average Bonchev–Trinajstić information content (AvgIpc) is 3.03. The quantitative estimate of drug-likeness (QED) is 0.158. The third kappa shape index (κ3) is 4.89. The predicted octanol–water partition coefficient (Wildman–Crippen LogP) is 6.06. The number of aliphatic hydroxyl groups excluding tert-OH is 4. The fraction of sp³-hybridized carbons (Fsp3) is 0.800. The number of aliphatic hydroxyl groups is 4. The number of hydrogen-bond acceptors (Lipinski definition) is 8. The van der Waals surface area contributed by atoms with Crippen LogP contribution < -0.4 is 0 Å². The molecule has 0 spiro atoms. The molecular weight excluding hydrogens is 608 g/mol. The topological polar surface area (TPSA) is 134 Å². The number of esters is 2. The van der Waals surface area contributed by atoms with E-state index in [1.807, 2.05) is 13.8 Å². The first-order valence-electron chi connectivity index (χ1n) is 18.2. The number of allylic oxidation sites excluding steroid dienone is 3. The minimum atomic E-state index is -1.51. The lowest BCUT2D eigenvalue weighted by Gasteiger charge is -2.73. The molecule has 0 aromatic heterocycles. The van der Waals surface area contributed by atoms with Gasteiger partial charge in [-0.3, -0.25) is 0 Å². The number of rotatable bonds is 5. The first kappa shape index (κ1) is 37.3. The van der Waals surface area contributed by atoms with Gasteiger partial charge in [0.1, 0.15) is 12.7 Å². The summed E-state index contributed by atoms with van der Waals surface area (Å²) < 4.78 is 12.1. The van der Waals surface area contributed by atoms with Gasteiger partial charge < -0.3 is 29.9 Å². The van der Waals surface area contributed by atoms with Crippen molar-refractivity contribution in [3.05, 3.63) is 34.9 Å². The molecule has 0 unspecified atom stereocenters. The Morgan fingerprint density at radius 1 is 0.833 bits per heavy atom. The molecule has 0 radical (unpaired) electrons. The first-order valence-corrected chi connectivity index (χ1v) is 18.2. The second-order valence-electron chi connectivity index (χ2n) is 18.1. The molecule has 48 heavy (non-hydrogen) atoms. The van der Waals surface area contributed by atoms with E-state index < -0.39 is 63.9 Å². The lowest BCUT2D eigenvalue weighted by atomic mass is 9.32. The Balaban J connectivity index is 1.70. The molecule has 0 aliphatic heterocycles. The van der Waals surface area contributed by atoms with Gasteiger partial charge in [0.2, 0.25) is 0 Å². The highest BCUT2D eigenvalue weighted by Crippen LogP contribution is 2.76. The molecule has 4 N–H and O–H groups in total. The summed E-state index contributed by atoms with van der Waals surface area (Å²) in [5.74, 6) is -1.14. The summed E-state index contributed by atoms with van der Waals surface area (Å²) in [6.45, 7) is 21.5. The maximum absolute atomic E-state index is 13.4. The van der Waals surface area contributed by atoms with Crippen molar-refractivity contribution in [2.45, 2.75) is 145 Å². The average molecular weight is 671 g/mol. The molecule has 4 saturated carbocycles. The third-order valence-corrected chi connectivity index (χ3v) is 15.4. The molecule has 8 heteroatoms. The van der Waals surface area contributed by atoms with Crippen molar-refractivity contribution in [3.8, 4) is 0 Å². The van der Waals surface area contributed by atoms with Crippen LogP contribution in [0.15, 0.2) is 34.9 Å². The van der Waals surface area contributed by atoms with E-state index in [0.29, 0.717) is 23.5 Å². The first-order chi connectivity index (χ1) is 22.1. The lowest BCUT2D eigenvalue weighted by Crippen LogP contribution is -2.76. The highest BCUT2D eigenvalue weighted by atomic mass is 16.6. The molecular formula is C40H62O8. The summed E-state index contributed by atoms with van der Waals surface area (Å²) in [5, 5.41) is 48.4. The summed E-state index contributed by atoms with van der Waals surface area (Å²) in [5.41, 5.74) is -2.07. The Morgan fingerprint density at radius 3 is 2.04 bits per heavy atom. The molecule has 12 atom stereocenters. The lowest BCUT2D eigenvalue weighted by molar-refractivity contribution is -0.291. The number of carbonyl (C=O) groups excluding carboxylic acids is 2. The Bertz CT molecular complexity index is 1410. The Morgan fingerprint density at radius 2 is 1.44 bits per heavy atom. The van der Waals surface area contributed by atoms with Gasteiger partial charge in [0, 0.05) is 16.6 Å². The van der Waals surface area contributed by atoms with Crippen LogP contribution in [0.3, 0.4) is 0 Å². The normalized spacial score (nSPS) is 46.6. The van der Waals surface area contributed by atoms with Crippen LogP contribution in [-0.2, 0) is 19.1 Å². The molecule has 5 aliphatic rings. The maximum Gasteiger partial charge on any atom is 0.333 e. The van der Waals surface area contributed by atoms with Crippen LogP contribution in [0, 0.1) is 50.2 Å². The third-order valence-electron chi connectivity index (χ3n) is 15.4. The number of carbonyl (C=O) groups is 2. The molecule has 0 saturated heterocycles. The van der Waals surface area contributed by atoms with E-state index in [4.69, 9.17) is 9.47 Å². The van der Waals surface area contributed by atoms with E-state index in [9.17, 15) is 30.0 Å². The van der Waals surface area contributed by atoms with E-state index in [1.165, 1.54) is 0 Å². The highest BCUT2D eigenvalue weighted by Gasteiger charge is 2.76. The fourth-order valence-electron chi connectivity index (χ4n) is 11.8. The molecule has 0 aromatic rings. The molecule has 5 aliphatic carbocycles. The fourth-order valence-corrected chi connectivity index (χ4v) is 11.8. The van der Waals surface area contributed by atoms with Crippen molar-refractivity contribution in [1.82, 2.24) is 0 Å². The second-order valence-corrected chi connectivity index (χ2v) is 18.1. The molecule has 0 aromatic carbocycles. The van der Waals surface area contributed by atoms with Crippen molar-refractivity contribution in [2.24, 2.45) is 50.2 Å². The van der Waals surface area contributed by atoms with E-state index in [1.54, 1.807) is 39.8 Å². The zero-order valence-corrected chi connectivity index (χ0v) is 31.2. The van der Waals surface area contributed by atoms with Crippen molar-refractivity contribution in [2.75, 3.05) is 6.61 Å². The van der Waals surface area contributed by atoms with Crippen LogP contribution in [0.2, 0.25) is 0 Å². The Kier molecular flexibility index (Phi) is 9.36. The zero-order valence-electron chi connectivity index (χ0n) is 31.2. The molecule has 270 valence electrons. The van der Waals surface area contributed by atoms with E-state index >= 15 is 0 Å². The second kappa shape index (κ2) is 12.1. The van der Waals surface area contributed by atoms with Crippen LogP contribution >= 0.6 is 0 Å². The van der Waals surface area contributed by atoms with Gasteiger partial charge in [0.05, 0.1) is 29.8 Å². The zero-order chi connectivity index (χ0) is 36.0. The summed E-state index contributed by atoms with van der Waals surface area (Å²) in [4.78, 5) is 26.6. The number of fused-ring (bicyclic) bond motifs is 7. The van der Waals surface area contributed by atoms with Crippen LogP contribution in [-0.4, -0.2) is 69.5 Å². The van der Waals surface area contributed by atoms with E-state index in [0.717, 1.165) is 37.7 Å². The minimum absolute atomic E-state index is 0.0797. The molecule has 5 rings (SSSR count). The summed E-state index contributed by atoms with van der Waals surface area (Å²) in [7, 11) is 0. The van der Waals surface area contributed by atoms with Crippen molar-refractivity contribution in [1.29, 1.82) is 0 Å². The molecule has 0 heterocycles. The standard InChI is InChI=1S/C40H62O8/c1-12-22(3)33(45)47-21-40-25(20-35(5,6)31(44)32(40)48-34(46)23(4)13-2)24-14-15-27-37(9)18-17-28(41)36(7,8)26(37)16-19-38(27,10)39(24,11)29(42)30(40)43/h12-14,25-32,41-44H,15-21H2,1-11H3/b22-12+,23-13+/t25-,26-,27+,28-,29-,30+,31-,32-,37-,38+,39-,40-/m0/s1. The minimum Gasteiger partial charge on any atom is -0.461 e. The number of ether oxygens (including phenoxy) is 2. The number of hydrogen-bond donors (Lipinski definition) is 4. The van der Waals surface area contributed by atoms with Crippen molar-refractivity contribution in [3.63, 3.8) is 0 Å². The largest absolute Gasteiger partial charge is 0.461 e. The summed E-state index contributed by atoms with van der Waals surface area (Å²) >= 11 is 0. The van der Waals surface area contributed by atoms with E-state index in [-0.39, 0.29) is 29.5 Å². The van der Waals surface area contributed by atoms with Gasteiger partial charge in [-0.2, -0.15) is 0 Å². The van der Waals surface area contributed by atoms with Crippen molar-refractivity contribution < 1.29 is 39.5 Å². The highest BCUT2D eigenvalue weighted by molar-refractivity contribution is 5.88. The SMILES string of the molecule is C/C=C(\C)C(=O)OC[C@@]12[C@H](O)[C@H](O)[C@]3(C)C(=CC[C@@H]4[C@@]5(C)CC[C@H](O)C(C)(C)[C@@H]5CC[C@]43C)[C@@H]1CC(C)(C)[C@@H](O)[C@@H]2OC(=O)/C(C)=C/C.